The van der Waals surface area contributed by atoms with E-state index in [-0.39, 0.29) is 24.2 Å². The average Bonchev–Trinajstić information content (AvgIpc) is 3.31. The molecule has 28 heavy (non-hydrogen) atoms. The molecule has 3 heterocycles. The molecular weight excluding hydrogens is 356 g/mol. The zero-order valence-electron chi connectivity index (χ0n) is 16.4. The quantitative estimate of drug-likeness (QED) is 0.882. The molecule has 0 aliphatic carbocycles. The number of anilines is 2. The van der Waals surface area contributed by atoms with Gasteiger partial charge in [0.05, 0.1) is 23.8 Å². The number of amides is 2. The number of carbonyl (C=O) groups excluding carboxylic acids is 2. The average molecular weight is 382 g/mol. The molecule has 2 aliphatic heterocycles. The van der Waals surface area contributed by atoms with E-state index in [4.69, 9.17) is 4.74 Å². The third kappa shape index (κ3) is 3.80. The molecule has 1 aromatic heterocycles. The van der Waals surface area contributed by atoms with Crippen molar-refractivity contribution in [1.29, 1.82) is 0 Å². The summed E-state index contributed by atoms with van der Waals surface area (Å²) in [4.78, 5) is 26.9. The second kappa shape index (κ2) is 7.75. The Balaban J connectivity index is 1.39. The van der Waals surface area contributed by atoms with Gasteiger partial charge in [0.1, 0.15) is 0 Å². The van der Waals surface area contributed by atoms with Crippen molar-refractivity contribution in [2.45, 2.75) is 39.2 Å². The fourth-order valence-corrected chi connectivity index (χ4v) is 3.82. The Morgan fingerprint density at radius 1 is 1.21 bits per heavy atom. The Morgan fingerprint density at radius 3 is 2.75 bits per heavy atom. The van der Waals surface area contributed by atoms with Crippen molar-refractivity contribution in [3.05, 3.63) is 41.7 Å². The molecule has 1 N–H and O–H groups in total. The molecule has 1 aromatic carbocycles. The van der Waals surface area contributed by atoms with Gasteiger partial charge in [-0.05, 0) is 49.9 Å². The van der Waals surface area contributed by atoms with E-state index in [2.05, 4.69) is 10.4 Å². The summed E-state index contributed by atoms with van der Waals surface area (Å²) in [5.74, 6) is -0.506. The van der Waals surface area contributed by atoms with E-state index in [1.54, 1.807) is 11.1 Å². The summed E-state index contributed by atoms with van der Waals surface area (Å²) in [6.07, 6.45) is 5.62. The van der Waals surface area contributed by atoms with Crippen LogP contribution in [0.1, 0.15) is 36.4 Å². The van der Waals surface area contributed by atoms with Crippen LogP contribution in [0.4, 0.5) is 11.4 Å². The van der Waals surface area contributed by atoms with Crippen molar-refractivity contribution in [2.75, 3.05) is 30.0 Å². The molecule has 2 aromatic rings. The number of ether oxygens (including phenoxy) is 1. The second-order valence-corrected chi connectivity index (χ2v) is 7.72. The zero-order chi connectivity index (χ0) is 19.7. The zero-order valence-corrected chi connectivity index (χ0v) is 16.4. The molecule has 2 saturated heterocycles. The van der Waals surface area contributed by atoms with Gasteiger partial charge in [-0.2, -0.15) is 5.10 Å². The standard InChI is InChI=1S/C21H26N4O3/c1-14-3-4-19(9-15(14)2)24-12-16(10-20(24)26)21(27)23-17-11-22-25(13-17)18-5-7-28-8-6-18/h3-4,9,11,13,16,18H,5-8,10,12H2,1-2H3,(H,23,27). The Labute approximate surface area is 164 Å². The summed E-state index contributed by atoms with van der Waals surface area (Å²) in [5, 5.41) is 7.31. The van der Waals surface area contributed by atoms with Gasteiger partial charge in [-0.25, -0.2) is 0 Å². The van der Waals surface area contributed by atoms with E-state index in [0.29, 0.717) is 18.3 Å². The Hall–Kier alpha value is -2.67. The van der Waals surface area contributed by atoms with Gasteiger partial charge in [0, 0.05) is 38.1 Å². The number of rotatable bonds is 4. The third-order valence-electron chi connectivity index (χ3n) is 5.73. The first-order chi connectivity index (χ1) is 13.5. The highest BCUT2D eigenvalue weighted by Gasteiger charge is 2.35. The molecule has 0 bridgehead atoms. The number of aromatic nitrogens is 2. The van der Waals surface area contributed by atoms with Gasteiger partial charge in [-0.3, -0.25) is 14.3 Å². The van der Waals surface area contributed by atoms with E-state index < -0.39 is 0 Å². The molecule has 2 amide bonds. The van der Waals surface area contributed by atoms with Gasteiger partial charge in [0.25, 0.3) is 0 Å². The molecule has 2 aliphatic rings. The van der Waals surface area contributed by atoms with Crippen LogP contribution in [0.5, 0.6) is 0 Å². The lowest BCUT2D eigenvalue weighted by molar-refractivity contribution is -0.122. The topological polar surface area (TPSA) is 76.5 Å². The van der Waals surface area contributed by atoms with E-state index in [1.807, 2.05) is 42.9 Å². The number of benzene rings is 1. The second-order valence-electron chi connectivity index (χ2n) is 7.72. The largest absolute Gasteiger partial charge is 0.381 e. The smallest absolute Gasteiger partial charge is 0.229 e. The lowest BCUT2D eigenvalue weighted by atomic mass is 10.1. The number of hydrogen-bond acceptors (Lipinski definition) is 4. The summed E-state index contributed by atoms with van der Waals surface area (Å²) < 4.78 is 7.29. The minimum absolute atomic E-state index is 0.0127. The molecule has 0 saturated carbocycles. The van der Waals surface area contributed by atoms with Crippen molar-refractivity contribution in [3.8, 4) is 0 Å². The van der Waals surface area contributed by atoms with Crippen molar-refractivity contribution < 1.29 is 14.3 Å². The summed E-state index contributed by atoms with van der Waals surface area (Å²) in [6, 6.07) is 6.27. The maximum absolute atomic E-state index is 12.7. The third-order valence-corrected chi connectivity index (χ3v) is 5.73. The first kappa shape index (κ1) is 18.7. The lowest BCUT2D eigenvalue weighted by Crippen LogP contribution is -2.28. The van der Waals surface area contributed by atoms with Crippen LogP contribution >= 0.6 is 0 Å². The maximum Gasteiger partial charge on any atom is 0.229 e. The van der Waals surface area contributed by atoms with E-state index in [9.17, 15) is 9.59 Å². The van der Waals surface area contributed by atoms with Crippen molar-refractivity contribution in [3.63, 3.8) is 0 Å². The van der Waals surface area contributed by atoms with Crippen molar-refractivity contribution >= 4 is 23.2 Å². The summed E-state index contributed by atoms with van der Waals surface area (Å²) in [6.45, 7) is 5.96. The lowest BCUT2D eigenvalue weighted by Gasteiger charge is -2.22. The predicted octanol–water partition coefficient (Wildman–Crippen LogP) is 2.84. The van der Waals surface area contributed by atoms with Crippen LogP contribution in [0, 0.1) is 19.8 Å². The molecule has 1 atom stereocenters. The Bertz CT molecular complexity index is 886. The van der Waals surface area contributed by atoms with Crippen LogP contribution in [0.3, 0.4) is 0 Å². The van der Waals surface area contributed by atoms with Gasteiger partial charge in [-0.1, -0.05) is 6.07 Å². The van der Waals surface area contributed by atoms with Gasteiger partial charge in [0.2, 0.25) is 11.8 Å². The minimum Gasteiger partial charge on any atom is -0.381 e. The van der Waals surface area contributed by atoms with Gasteiger partial charge in [0.15, 0.2) is 0 Å². The van der Waals surface area contributed by atoms with Crippen LogP contribution in [-0.2, 0) is 14.3 Å². The number of aryl methyl sites for hydroxylation is 2. The van der Waals surface area contributed by atoms with E-state index in [0.717, 1.165) is 37.3 Å². The van der Waals surface area contributed by atoms with Crippen molar-refractivity contribution in [2.24, 2.45) is 5.92 Å². The van der Waals surface area contributed by atoms with Crippen LogP contribution in [0.25, 0.3) is 0 Å². The van der Waals surface area contributed by atoms with E-state index >= 15 is 0 Å². The summed E-state index contributed by atoms with van der Waals surface area (Å²) >= 11 is 0. The predicted molar refractivity (Wildman–Crippen MR) is 106 cm³/mol. The van der Waals surface area contributed by atoms with Gasteiger partial charge >= 0.3 is 0 Å². The molecule has 4 rings (SSSR count). The maximum atomic E-state index is 12.7. The molecular formula is C21H26N4O3. The number of hydrogen-bond donors (Lipinski definition) is 1. The SMILES string of the molecule is Cc1ccc(N2CC(C(=O)Nc3cnn(C4CCOCC4)c3)CC2=O)cc1C. The normalized spacial score (nSPS) is 20.6. The van der Waals surface area contributed by atoms with Crippen LogP contribution in [0.15, 0.2) is 30.6 Å². The van der Waals surface area contributed by atoms with Crippen LogP contribution in [-0.4, -0.2) is 41.4 Å². The molecule has 1 unspecified atom stereocenters. The minimum atomic E-state index is -0.361. The highest BCUT2D eigenvalue weighted by atomic mass is 16.5. The molecule has 148 valence electrons. The monoisotopic (exact) mass is 382 g/mol. The molecule has 2 fully saturated rings. The first-order valence-corrected chi connectivity index (χ1v) is 9.81. The van der Waals surface area contributed by atoms with Gasteiger partial charge < -0.3 is 15.0 Å². The Kier molecular flexibility index (Phi) is 5.17. The molecule has 7 nitrogen and oxygen atoms in total. The fraction of sp³-hybridized carbons (Fsp3) is 0.476. The number of nitrogens with zero attached hydrogens (tertiary/aromatic N) is 3. The molecule has 0 radical (unpaired) electrons. The van der Waals surface area contributed by atoms with Crippen LogP contribution < -0.4 is 10.2 Å². The first-order valence-electron chi connectivity index (χ1n) is 9.81. The summed E-state index contributed by atoms with van der Waals surface area (Å²) in [5.41, 5.74) is 3.86. The Morgan fingerprint density at radius 2 is 2.00 bits per heavy atom. The van der Waals surface area contributed by atoms with Crippen molar-refractivity contribution in [1.82, 2.24) is 9.78 Å². The van der Waals surface area contributed by atoms with Crippen LogP contribution in [0.2, 0.25) is 0 Å². The van der Waals surface area contributed by atoms with Gasteiger partial charge in [-0.15, -0.1) is 0 Å². The summed E-state index contributed by atoms with van der Waals surface area (Å²) in [7, 11) is 0. The highest BCUT2D eigenvalue weighted by Crippen LogP contribution is 2.28. The highest BCUT2D eigenvalue weighted by molar-refractivity contribution is 6.03. The van der Waals surface area contributed by atoms with E-state index in [1.165, 1.54) is 5.56 Å². The molecule has 0 spiro atoms. The number of carbonyl (C=O) groups is 2. The molecule has 7 heteroatoms. The number of nitrogens with one attached hydrogen (secondary N) is 1. The fourth-order valence-electron chi connectivity index (χ4n) is 3.82.